The fourth-order valence-electron chi connectivity index (χ4n) is 1.35. The molecule has 5 heteroatoms. The van der Waals surface area contributed by atoms with E-state index in [2.05, 4.69) is 5.32 Å². The fraction of sp³-hybridized carbons (Fsp3) is 0.429. The van der Waals surface area contributed by atoms with Crippen LogP contribution in [0, 0.1) is 12.8 Å². The Hall–Kier alpha value is -1.49. The average molecular weight is 281 g/mol. The molecule has 0 radical (unpaired) electrons. The lowest BCUT2D eigenvalue weighted by Crippen LogP contribution is -2.32. The number of carboxylic acids is 1. The minimum Gasteiger partial charge on any atom is -0.481 e. The van der Waals surface area contributed by atoms with Crippen molar-refractivity contribution in [3.8, 4) is 0 Å². The molecule has 0 saturated heterocycles. The van der Waals surface area contributed by atoms with E-state index in [9.17, 15) is 9.59 Å². The van der Waals surface area contributed by atoms with Crippen LogP contribution in [0.2, 0.25) is 0 Å². The summed E-state index contributed by atoms with van der Waals surface area (Å²) in [6.45, 7) is 3.79. The molecule has 0 bridgehead atoms. The number of rotatable bonds is 7. The number of carbonyl (C=O) groups is 2. The van der Waals surface area contributed by atoms with Gasteiger partial charge in [0.05, 0.1) is 11.7 Å². The van der Waals surface area contributed by atoms with Gasteiger partial charge in [-0.3, -0.25) is 9.59 Å². The minimum atomic E-state index is -0.896. The van der Waals surface area contributed by atoms with Gasteiger partial charge >= 0.3 is 5.97 Å². The van der Waals surface area contributed by atoms with Gasteiger partial charge in [-0.25, -0.2) is 0 Å². The van der Waals surface area contributed by atoms with E-state index in [-0.39, 0.29) is 12.5 Å². The van der Waals surface area contributed by atoms with E-state index in [0.29, 0.717) is 5.75 Å². The topological polar surface area (TPSA) is 66.4 Å². The van der Waals surface area contributed by atoms with Gasteiger partial charge in [-0.05, 0) is 12.5 Å². The summed E-state index contributed by atoms with van der Waals surface area (Å²) in [7, 11) is 0. The van der Waals surface area contributed by atoms with Gasteiger partial charge in [0, 0.05) is 12.3 Å². The molecule has 0 aliphatic carbocycles. The lowest BCUT2D eigenvalue weighted by molar-refractivity contribution is -0.141. The Balaban J connectivity index is 2.20. The van der Waals surface area contributed by atoms with Crippen LogP contribution < -0.4 is 5.32 Å². The Bertz CT molecular complexity index is 431. The second-order valence-electron chi connectivity index (χ2n) is 4.52. The number of amides is 1. The highest BCUT2D eigenvalue weighted by Gasteiger charge is 2.11. The third-order valence-corrected chi connectivity index (χ3v) is 3.65. The second kappa shape index (κ2) is 7.84. The zero-order valence-electron chi connectivity index (χ0n) is 11.2. The van der Waals surface area contributed by atoms with Crippen LogP contribution >= 0.6 is 11.8 Å². The van der Waals surface area contributed by atoms with Gasteiger partial charge in [-0.1, -0.05) is 36.8 Å². The molecule has 1 atom stereocenters. The predicted molar refractivity (Wildman–Crippen MR) is 77.2 cm³/mol. The lowest BCUT2D eigenvalue weighted by atomic mass is 10.2. The summed E-state index contributed by atoms with van der Waals surface area (Å²) in [6.07, 6.45) is 0. The SMILES string of the molecule is Cc1ccc(CSCC(=O)NCC(C)C(=O)O)cc1. The molecule has 19 heavy (non-hydrogen) atoms. The maximum Gasteiger partial charge on any atom is 0.308 e. The molecule has 0 aliphatic heterocycles. The second-order valence-corrected chi connectivity index (χ2v) is 5.51. The van der Waals surface area contributed by atoms with Gasteiger partial charge in [0.15, 0.2) is 0 Å². The molecule has 4 nitrogen and oxygen atoms in total. The highest BCUT2D eigenvalue weighted by atomic mass is 32.2. The van der Waals surface area contributed by atoms with Crippen LogP contribution in [0.25, 0.3) is 0 Å². The summed E-state index contributed by atoms with van der Waals surface area (Å²) in [5.74, 6) is -0.438. The van der Waals surface area contributed by atoms with Gasteiger partial charge in [0.1, 0.15) is 0 Å². The van der Waals surface area contributed by atoms with Crippen molar-refractivity contribution in [2.45, 2.75) is 19.6 Å². The molecular formula is C14H19NO3S. The summed E-state index contributed by atoms with van der Waals surface area (Å²) in [5.41, 5.74) is 2.40. The summed E-state index contributed by atoms with van der Waals surface area (Å²) in [6, 6.07) is 8.19. The van der Waals surface area contributed by atoms with Gasteiger partial charge in [-0.2, -0.15) is 0 Å². The van der Waals surface area contributed by atoms with Crippen LogP contribution in [0.4, 0.5) is 0 Å². The summed E-state index contributed by atoms with van der Waals surface area (Å²) >= 11 is 1.52. The van der Waals surface area contributed by atoms with Crippen LogP contribution in [0.15, 0.2) is 24.3 Å². The molecule has 0 aliphatic rings. The van der Waals surface area contributed by atoms with Crippen LogP contribution in [0.1, 0.15) is 18.1 Å². The number of carboxylic acid groups (broad SMARTS) is 1. The van der Waals surface area contributed by atoms with E-state index in [1.807, 2.05) is 31.2 Å². The Morgan fingerprint density at radius 1 is 1.32 bits per heavy atom. The van der Waals surface area contributed by atoms with E-state index >= 15 is 0 Å². The molecular weight excluding hydrogens is 262 g/mol. The van der Waals surface area contributed by atoms with Crippen molar-refractivity contribution in [3.05, 3.63) is 35.4 Å². The van der Waals surface area contributed by atoms with Gasteiger partial charge in [0.25, 0.3) is 0 Å². The standard InChI is InChI=1S/C14H19NO3S/c1-10-3-5-12(6-4-10)8-19-9-13(16)15-7-11(2)14(17)18/h3-6,11H,7-9H2,1-2H3,(H,15,16)(H,17,18). The highest BCUT2D eigenvalue weighted by Crippen LogP contribution is 2.12. The normalized spacial score (nSPS) is 11.9. The number of aliphatic carboxylic acids is 1. The number of hydrogen-bond donors (Lipinski definition) is 2. The minimum absolute atomic E-state index is 0.120. The molecule has 0 heterocycles. The Kier molecular flexibility index (Phi) is 6.42. The molecule has 1 unspecified atom stereocenters. The van der Waals surface area contributed by atoms with E-state index < -0.39 is 11.9 Å². The zero-order valence-corrected chi connectivity index (χ0v) is 12.0. The molecule has 0 fully saturated rings. The fourth-order valence-corrected chi connectivity index (χ4v) is 2.17. The van der Waals surface area contributed by atoms with Crippen LogP contribution in [0.3, 0.4) is 0 Å². The Labute approximate surface area is 117 Å². The Morgan fingerprint density at radius 2 is 1.95 bits per heavy atom. The number of benzene rings is 1. The van der Waals surface area contributed by atoms with Gasteiger partial charge < -0.3 is 10.4 Å². The number of thioether (sulfide) groups is 1. The molecule has 1 aromatic carbocycles. The summed E-state index contributed by atoms with van der Waals surface area (Å²) in [5, 5.41) is 11.3. The first-order chi connectivity index (χ1) is 8.99. The number of hydrogen-bond acceptors (Lipinski definition) is 3. The first-order valence-electron chi connectivity index (χ1n) is 6.12. The van der Waals surface area contributed by atoms with Gasteiger partial charge in [0.2, 0.25) is 5.91 Å². The van der Waals surface area contributed by atoms with Crippen molar-refractivity contribution in [1.82, 2.24) is 5.32 Å². The maximum atomic E-state index is 11.5. The van der Waals surface area contributed by atoms with Crippen molar-refractivity contribution in [2.24, 2.45) is 5.92 Å². The Morgan fingerprint density at radius 3 is 2.53 bits per heavy atom. The number of nitrogens with one attached hydrogen (secondary N) is 1. The van der Waals surface area contributed by atoms with Crippen molar-refractivity contribution < 1.29 is 14.7 Å². The molecule has 104 valence electrons. The summed E-state index contributed by atoms with van der Waals surface area (Å²) < 4.78 is 0. The number of aryl methyl sites for hydroxylation is 1. The monoisotopic (exact) mass is 281 g/mol. The molecule has 1 aromatic rings. The number of carbonyl (C=O) groups excluding carboxylic acids is 1. The predicted octanol–water partition coefficient (Wildman–Crippen LogP) is 2.07. The molecule has 0 spiro atoms. The highest BCUT2D eigenvalue weighted by molar-refractivity contribution is 7.99. The van der Waals surface area contributed by atoms with Gasteiger partial charge in [-0.15, -0.1) is 11.8 Å². The van der Waals surface area contributed by atoms with E-state index in [1.54, 1.807) is 6.92 Å². The molecule has 0 saturated carbocycles. The smallest absolute Gasteiger partial charge is 0.308 e. The first kappa shape index (κ1) is 15.6. The van der Waals surface area contributed by atoms with Crippen LogP contribution in [-0.2, 0) is 15.3 Å². The zero-order chi connectivity index (χ0) is 14.3. The largest absolute Gasteiger partial charge is 0.481 e. The lowest BCUT2D eigenvalue weighted by Gasteiger charge is -2.08. The maximum absolute atomic E-state index is 11.5. The van der Waals surface area contributed by atoms with Crippen molar-refractivity contribution in [1.29, 1.82) is 0 Å². The van der Waals surface area contributed by atoms with Crippen molar-refractivity contribution in [3.63, 3.8) is 0 Å². The molecule has 1 rings (SSSR count). The van der Waals surface area contributed by atoms with E-state index in [1.165, 1.54) is 22.9 Å². The van der Waals surface area contributed by atoms with Crippen LogP contribution in [-0.4, -0.2) is 29.3 Å². The molecule has 0 aromatic heterocycles. The van der Waals surface area contributed by atoms with Crippen molar-refractivity contribution in [2.75, 3.05) is 12.3 Å². The third-order valence-electron chi connectivity index (χ3n) is 2.65. The quantitative estimate of drug-likeness (QED) is 0.803. The third kappa shape index (κ3) is 6.29. The molecule has 1 amide bonds. The van der Waals surface area contributed by atoms with E-state index in [0.717, 1.165) is 5.75 Å². The van der Waals surface area contributed by atoms with E-state index in [4.69, 9.17) is 5.11 Å². The summed E-state index contributed by atoms with van der Waals surface area (Å²) in [4.78, 5) is 22.1. The molecule has 2 N–H and O–H groups in total. The first-order valence-corrected chi connectivity index (χ1v) is 7.27. The average Bonchev–Trinajstić information content (AvgIpc) is 2.38. The van der Waals surface area contributed by atoms with Crippen LogP contribution in [0.5, 0.6) is 0 Å². The van der Waals surface area contributed by atoms with Crippen molar-refractivity contribution >= 4 is 23.6 Å².